The van der Waals surface area contributed by atoms with Crippen molar-refractivity contribution in [3.05, 3.63) is 59.0 Å². The molecule has 0 unspecified atom stereocenters. The van der Waals surface area contributed by atoms with E-state index in [1.165, 1.54) is 6.26 Å². The van der Waals surface area contributed by atoms with Gasteiger partial charge in [-0.15, -0.1) is 0 Å². The lowest BCUT2D eigenvalue weighted by molar-refractivity contribution is 0.0794. The van der Waals surface area contributed by atoms with Gasteiger partial charge in [-0.3, -0.25) is 4.79 Å². The van der Waals surface area contributed by atoms with E-state index in [4.69, 9.17) is 16.0 Å². The molecule has 0 bridgehead atoms. The fourth-order valence-corrected chi connectivity index (χ4v) is 2.60. The first-order valence-corrected chi connectivity index (χ1v) is 6.69. The molecule has 1 aromatic heterocycles. The van der Waals surface area contributed by atoms with Crippen LogP contribution in [0.15, 0.2) is 47.1 Å². The summed E-state index contributed by atoms with van der Waals surface area (Å²) in [4.78, 5) is 12.1. The molecule has 2 aromatic rings. The minimum Gasteiger partial charge on any atom is -0.459 e. The van der Waals surface area contributed by atoms with Gasteiger partial charge in [0.05, 0.1) is 11.8 Å². The summed E-state index contributed by atoms with van der Waals surface area (Å²) < 4.78 is 5.13. The van der Waals surface area contributed by atoms with Gasteiger partial charge < -0.3 is 9.73 Å². The second-order valence-corrected chi connectivity index (χ2v) is 5.31. The van der Waals surface area contributed by atoms with E-state index in [1.807, 2.05) is 24.3 Å². The van der Waals surface area contributed by atoms with Crippen LogP contribution in [-0.4, -0.2) is 5.91 Å². The summed E-state index contributed by atoms with van der Waals surface area (Å²) in [6, 6.07) is 11.0. The molecule has 4 heteroatoms. The van der Waals surface area contributed by atoms with E-state index in [2.05, 4.69) is 5.32 Å². The van der Waals surface area contributed by atoms with Crippen LogP contribution in [0, 0.1) is 0 Å². The zero-order valence-corrected chi connectivity index (χ0v) is 11.1. The molecule has 0 radical (unpaired) electrons. The Labute approximate surface area is 116 Å². The summed E-state index contributed by atoms with van der Waals surface area (Å²) in [6.45, 7) is 0. The maximum atomic E-state index is 12.1. The Hall–Kier alpha value is -1.74. The van der Waals surface area contributed by atoms with Crippen LogP contribution >= 0.6 is 11.6 Å². The highest BCUT2D eigenvalue weighted by atomic mass is 35.5. The summed E-state index contributed by atoms with van der Waals surface area (Å²) in [5, 5.41) is 3.80. The molecule has 0 atom stereocenters. The van der Waals surface area contributed by atoms with Crippen molar-refractivity contribution in [1.29, 1.82) is 0 Å². The van der Waals surface area contributed by atoms with Gasteiger partial charge in [-0.2, -0.15) is 0 Å². The smallest absolute Gasteiger partial charge is 0.287 e. The molecule has 1 aliphatic rings. The normalized spacial score (nSPS) is 16.7. The number of carbonyl (C=O) groups excluding carboxylic acids is 1. The Morgan fingerprint density at radius 2 is 1.95 bits per heavy atom. The number of amides is 1. The molecule has 3 nitrogen and oxygen atoms in total. The summed E-state index contributed by atoms with van der Waals surface area (Å²) in [6.07, 6.45) is 4.51. The third-order valence-corrected chi connectivity index (χ3v) is 3.95. The number of hydrogen-bond donors (Lipinski definition) is 1. The van der Waals surface area contributed by atoms with Crippen molar-refractivity contribution in [1.82, 2.24) is 5.32 Å². The first kappa shape index (κ1) is 12.3. The molecule has 98 valence electrons. The quantitative estimate of drug-likeness (QED) is 0.927. The van der Waals surface area contributed by atoms with Crippen molar-refractivity contribution >= 4 is 17.5 Å². The molecule has 0 spiro atoms. The summed E-state index contributed by atoms with van der Waals surface area (Å²) in [5.41, 5.74) is 0.831. The average Bonchev–Trinajstić information content (AvgIpc) is 2.89. The first-order valence-electron chi connectivity index (χ1n) is 6.32. The molecule has 0 aliphatic heterocycles. The van der Waals surface area contributed by atoms with E-state index in [9.17, 15) is 4.79 Å². The van der Waals surface area contributed by atoms with Crippen molar-refractivity contribution in [3.63, 3.8) is 0 Å². The number of hydrogen-bond acceptors (Lipinski definition) is 2. The second-order valence-electron chi connectivity index (χ2n) is 4.87. The van der Waals surface area contributed by atoms with Gasteiger partial charge in [-0.1, -0.05) is 23.7 Å². The van der Waals surface area contributed by atoms with Crippen molar-refractivity contribution < 1.29 is 9.21 Å². The molecular formula is C15H14ClNO2. The molecule has 0 saturated heterocycles. The van der Waals surface area contributed by atoms with E-state index in [0.717, 1.165) is 24.8 Å². The number of halogens is 1. The van der Waals surface area contributed by atoms with Crippen LogP contribution in [-0.2, 0) is 5.54 Å². The van der Waals surface area contributed by atoms with Crippen LogP contribution in [0.4, 0.5) is 0 Å². The van der Waals surface area contributed by atoms with E-state index >= 15 is 0 Å². The third-order valence-electron chi connectivity index (χ3n) is 3.70. The van der Waals surface area contributed by atoms with E-state index in [-0.39, 0.29) is 11.4 Å². The van der Waals surface area contributed by atoms with Crippen molar-refractivity contribution in [3.8, 4) is 0 Å². The van der Waals surface area contributed by atoms with Gasteiger partial charge in [0.15, 0.2) is 5.76 Å². The second kappa shape index (κ2) is 4.74. The van der Waals surface area contributed by atoms with Crippen LogP contribution in [0.5, 0.6) is 0 Å². The summed E-state index contributed by atoms with van der Waals surface area (Å²) in [7, 11) is 0. The third kappa shape index (κ3) is 2.26. The van der Waals surface area contributed by atoms with Crippen LogP contribution in [0.1, 0.15) is 35.4 Å². The zero-order valence-electron chi connectivity index (χ0n) is 10.4. The van der Waals surface area contributed by atoms with Crippen molar-refractivity contribution in [2.45, 2.75) is 24.8 Å². The zero-order chi connectivity index (χ0) is 13.3. The van der Waals surface area contributed by atoms with Crippen LogP contribution in [0.25, 0.3) is 0 Å². The van der Waals surface area contributed by atoms with Gasteiger partial charge in [-0.25, -0.2) is 0 Å². The average molecular weight is 276 g/mol. The maximum absolute atomic E-state index is 12.1. The van der Waals surface area contributed by atoms with Gasteiger partial charge >= 0.3 is 0 Å². The predicted molar refractivity (Wildman–Crippen MR) is 73.2 cm³/mol. The van der Waals surface area contributed by atoms with Crippen molar-refractivity contribution in [2.24, 2.45) is 0 Å². The molecule has 3 rings (SSSR count). The Bertz CT molecular complexity index is 571. The molecule has 1 fully saturated rings. The predicted octanol–water partition coefficient (Wildman–Crippen LogP) is 3.74. The van der Waals surface area contributed by atoms with Crippen LogP contribution in [0.2, 0.25) is 5.02 Å². The van der Waals surface area contributed by atoms with Crippen LogP contribution in [0.3, 0.4) is 0 Å². The summed E-state index contributed by atoms with van der Waals surface area (Å²) in [5.74, 6) is 0.180. The van der Waals surface area contributed by atoms with E-state index < -0.39 is 0 Å². The lowest BCUT2D eigenvalue weighted by atomic mass is 9.71. The fourth-order valence-electron chi connectivity index (χ4n) is 2.47. The highest BCUT2D eigenvalue weighted by molar-refractivity contribution is 6.30. The molecule has 1 aliphatic carbocycles. The Morgan fingerprint density at radius 1 is 1.21 bits per heavy atom. The van der Waals surface area contributed by atoms with E-state index in [0.29, 0.717) is 10.8 Å². The first-order chi connectivity index (χ1) is 9.20. The molecular weight excluding hydrogens is 262 g/mol. The lowest BCUT2D eigenvalue weighted by Crippen LogP contribution is -2.50. The van der Waals surface area contributed by atoms with E-state index in [1.54, 1.807) is 12.1 Å². The number of benzene rings is 1. The lowest BCUT2D eigenvalue weighted by Gasteiger charge is -2.43. The van der Waals surface area contributed by atoms with Gasteiger partial charge in [0.1, 0.15) is 0 Å². The highest BCUT2D eigenvalue weighted by Crippen LogP contribution is 2.41. The van der Waals surface area contributed by atoms with Gasteiger partial charge in [0, 0.05) is 5.02 Å². The fraction of sp³-hybridized carbons (Fsp3) is 0.267. The minimum absolute atomic E-state index is 0.167. The minimum atomic E-state index is -0.269. The number of carbonyl (C=O) groups is 1. The number of nitrogens with one attached hydrogen (secondary N) is 1. The monoisotopic (exact) mass is 275 g/mol. The Morgan fingerprint density at radius 3 is 2.47 bits per heavy atom. The van der Waals surface area contributed by atoms with Gasteiger partial charge in [0.25, 0.3) is 5.91 Å². The SMILES string of the molecule is O=C(NC1(c2ccc(Cl)cc2)CCC1)c1ccco1. The largest absolute Gasteiger partial charge is 0.459 e. The highest BCUT2D eigenvalue weighted by Gasteiger charge is 2.40. The molecule has 1 amide bonds. The standard InChI is InChI=1S/C15H14ClNO2/c16-12-6-4-11(5-7-12)15(8-2-9-15)17-14(18)13-3-1-10-19-13/h1,3-7,10H,2,8-9H2,(H,17,18). The van der Waals surface area contributed by atoms with Gasteiger partial charge in [-0.05, 0) is 49.1 Å². The number of rotatable bonds is 3. The molecule has 1 aromatic carbocycles. The number of furan rings is 1. The molecule has 1 heterocycles. The molecule has 1 N–H and O–H groups in total. The molecule has 19 heavy (non-hydrogen) atoms. The molecule has 1 saturated carbocycles. The van der Waals surface area contributed by atoms with Crippen molar-refractivity contribution in [2.75, 3.05) is 0 Å². The maximum Gasteiger partial charge on any atom is 0.287 e. The Balaban J connectivity index is 1.83. The van der Waals surface area contributed by atoms with Crippen LogP contribution < -0.4 is 5.32 Å². The summed E-state index contributed by atoms with van der Waals surface area (Å²) >= 11 is 5.91. The van der Waals surface area contributed by atoms with Gasteiger partial charge in [0.2, 0.25) is 0 Å². The topological polar surface area (TPSA) is 42.2 Å². The Kier molecular flexibility index (Phi) is 3.07.